The van der Waals surface area contributed by atoms with Gasteiger partial charge in [0, 0.05) is 32.1 Å². The van der Waals surface area contributed by atoms with Crippen LogP contribution in [0.2, 0.25) is 0 Å². The van der Waals surface area contributed by atoms with Gasteiger partial charge in [0.05, 0.1) is 12.5 Å². The first-order chi connectivity index (χ1) is 11.0. The molecule has 23 heavy (non-hydrogen) atoms. The third kappa shape index (κ3) is 4.98. The van der Waals surface area contributed by atoms with E-state index in [9.17, 15) is 14.4 Å². The molecule has 1 heterocycles. The van der Waals surface area contributed by atoms with Crippen LogP contribution in [0.5, 0.6) is 5.75 Å². The largest absolute Gasteiger partial charge is 0.494 e. The second-order valence-corrected chi connectivity index (χ2v) is 5.53. The molecule has 1 aromatic rings. The Morgan fingerprint density at radius 3 is 2.61 bits per heavy atom. The van der Waals surface area contributed by atoms with Crippen molar-refractivity contribution in [3.05, 3.63) is 24.3 Å². The van der Waals surface area contributed by atoms with Crippen LogP contribution in [0.4, 0.5) is 5.69 Å². The molecule has 0 spiro atoms. The van der Waals surface area contributed by atoms with Crippen LogP contribution in [0.15, 0.2) is 24.3 Å². The quantitative estimate of drug-likeness (QED) is 0.739. The fourth-order valence-corrected chi connectivity index (χ4v) is 2.33. The lowest BCUT2D eigenvalue weighted by Gasteiger charge is -2.11. The first-order valence-electron chi connectivity index (χ1n) is 7.45. The summed E-state index contributed by atoms with van der Waals surface area (Å²) in [6.07, 6.45) is 0.757. The molecule has 0 saturated carbocycles. The monoisotopic (exact) mass is 320 g/mol. The number of rotatable bonds is 7. The molecule has 2 N–H and O–H groups in total. The van der Waals surface area contributed by atoms with Gasteiger partial charge in [-0.25, -0.2) is 0 Å². The van der Waals surface area contributed by atoms with Gasteiger partial charge in [0.15, 0.2) is 0 Å². The van der Waals surface area contributed by atoms with Crippen molar-refractivity contribution in [2.45, 2.75) is 19.3 Å². The van der Waals surface area contributed by atoms with Gasteiger partial charge in [-0.15, -0.1) is 0 Å². The number of carbonyl (C=O) groups is 3. The Morgan fingerprint density at radius 1 is 1.35 bits per heavy atom. The van der Waals surface area contributed by atoms with Gasteiger partial charge in [-0.05, 0) is 30.7 Å². The predicted octanol–water partition coefficient (Wildman–Crippen LogP) is 1.35. The molecule has 2 rings (SSSR count). The standard InChI is InChI=1S/C16H20N2O5/c1-18-10-11(9-14(18)19)16(22)17-12-4-6-13(7-5-12)23-8-2-3-15(20)21/h4-7,11H,2-3,8-10H2,1H3,(H,17,22)(H,20,21). The Morgan fingerprint density at radius 2 is 2.04 bits per heavy atom. The number of amides is 2. The first kappa shape index (κ1) is 16.8. The Kier molecular flexibility index (Phi) is 5.56. The van der Waals surface area contributed by atoms with Crippen molar-refractivity contribution in [2.75, 3.05) is 25.5 Å². The fraction of sp³-hybridized carbons (Fsp3) is 0.438. The van der Waals surface area contributed by atoms with Gasteiger partial charge in [0.2, 0.25) is 11.8 Å². The van der Waals surface area contributed by atoms with Gasteiger partial charge in [-0.1, -0.05) is 0 Å². The predicted molar refractivity (Wildman–Crippen MR) is 83.2 cm³/mol. The number of aliphatic carboxylic acids is 1. The Balaban J connectivity index is 1.79. The van der Waals surface area contributed by atoms with E-state index in [0.29, 0.717) is 31.0 Å². The van der Waals surface area contributed by atoms with Gasteiger partial charge < -0.3 is 20.1 Å². The molecule has 0 bridgehead atoms. The molecule has 7 heteroatoms. The highest BCUT2D eigenvalue weighted by Crippen LogP contribution is 2.20. The van der Waals surface area contributed by atoms with Crippen molar-refractivity contribution in [2.24, 2.45) is 5.92 Å². The SMILES string of the molecule is CN1CC(C(=O)Nc2ccc(OCCCC(=O)O)cc2)CC1=O. The van der Waals surface area contributed by atoms with Crippen molar-refractivity contribution >= 4 is 23.5 Å². The van der Waals surface area contributed by atoms with Gasteiger partial charge in [0.1, 0.15) is 5.75 Å². The summed E-state index contributed by atoms with van der Waals surface area (Å²) in [5, 5.41) is 11.3. The molecule has 1 aromatic carbocycles. The summed E-state index contributed by atoms with van der Waals surface area (Å²) in [5.74, 6) is -0.737. The van der Waals surface area contributed by atoms with Crippen LogP contribution in [0, 0.1) is 5.92 Å². The average Bonchev–Trinajstić information content (AvgIpc) is 2.85. The number of carbonyl (C=O) groups excluding carboxylic acids is 2. The summed E-state index contributed by atoms with van der Waals surface area (Å²) in [7, 11) is 1.69. The minimum absolute atomic E-state index is 0.0183. The zero-order chi connectivity index (χ0) is 16.8. The van der Waals surface area contributed by atoms with Gasteiger partial charge >= 0.3 is 5.97 Å². The topological polar surface area (TPSA) is 95.9 Å². The molecule has 2 amide bonds. The third-order valence-electron chi connectivity index (χ3n) is 3.64. The van der Waals surface area contributed by atoms with E-state index in [0.717, 1.165) is 0 Å². The molecule has 1 aliphatic rings. The molecule has 0 aromatic heterocycles. The van der Waals surface area contributed by atoms with Crippen LogP contribution >= 0.6 is 0 Å². The molecular formula is C16H20N2O5. The molecule has 1 aliphatic heterocycles. The number of carboxylic acid groups (broad SMARTS) is 1. The molecule has 0 aliphatic carbocycles. The lowest BCUT2D eigenvalue weighted by Crippen LogP contribution is -2.25. The molecule has 0 radical (unpaired) electrons. The molecule has 7 nitrogen and oxygen atoms in total. The van der Waals surface area contributed by atoms with Crippen LogP contribution in [-0.2, 0) is 14.4 Å². The van der Waals surface area contributed by atoms with Crippen molar-refractivity contribution in [1.82, 2.24) is 4.90 Å². The normalized spacial score (nSPS) is 17.2. The average molecular weight is 320 g/mol. The molecule has 124 valence electrons. The van der Waals surface area contributed by atoms with E-state index in [-0.39, 0.29) is 30.6 Å². The van der Waals surface area contributed by atoms with Crippen LogP contribution < -0.4 is 10.1 Å². The highest BCUT2D eigenvalue weighted by molar-refractivity contribution is 5.97. The zero-order valence-corrected chi connectivity index (χ0v) is 12.9. The van der Waals surface area contributed by atoms with E-state index in [2.05, 4.69) is 5.32 Å². The van der Waals surface area contributed by atoms with E-state index in [1.165, 1.54) is 0 Å². The minimum Gasteiger partial charge on any atom is -0.494 e. The highest BCUT2D eigenvalue weighted by Gasteiger charge is 2.32. The van der Waals surface area contributed by atoms with E-state index in [4.69, 9.17) is 9.84 Å². The van der Waals surface area contributed by atoms with Gasteiger partial charge in [-0.3, -0.25) is 14.4 Å². The van der Waals surface area contributed by atoms with E-state index in [1.54, 1.807) is 36.2 Å². The molecule has 1 fully saturated rings. The summed E-state index contributed by atoms with van der Waals surface area (Å²) in [6.45, 7) is 0.768. The maximum absolute atomic E-state index is 12.1. The van der Waals surface area contributed by atoms with Crippen molar-refractivity contribution in [3.63, 3.8) is 0 Å². The number of anilines is 1. The number of hydrogen-bond donors (Lipinski definition) is 2. The number of likely N-dealkylation sites (tertiary alicyclic amines) is 1. The summed E-state index contributed by atoms with van der Waals surface area (Å²) >= 11 is 0. The zero-order valence-electron chi connectivity index (χ0n) is 12.9. The number of benzene rings is 1. The molecule has 1 saturated heterocycles. The molecular weight excluding hydrogens is 300 g/mol. The summed E-state index contributed by atoms with van der Waals surface area (Å²) < 4.78 is 5.42. The number of nitrogens with one attached hydrogen (secondary N) is 1. The van der Waals surface area contributed by atoms with Crippen LogP contribution in [-0.4, -0.2) is 48.0 Å². The highest BCUT2D eigenvalue weighted by atomic mass is 16.5. The third-order valence-corrected chi connectivity index (χ3v) is 3.64. The maximum atomic E-state index is 12.1. The molecule has 1 atom stereocenters. The number of nitrogens with zero attached hydrogens (tertiary/aromatic N) is 1. The lowest BCUT2D eigenvalue weighted by molar-refractivity contribution is -0.137. The van der Waals surface area contributed by atoms with Gasteiger partial charge in [-0.2, -0.15) is 0 Å². The van der Waals surface area contributed by atoms with E-state index in [1.807, 2.05) is 0 Å². The van der Waals surface area contributed by atoms with Crippen molar-refractivity contribution in [3.8, 4) is 5.75 Å². The van der Waals surface area contributed by atoms with Crippen molar-refractivity contribution in [1.29, 1.82) is 0 Å². The maximum Gasteiger partial charge on any atom is 0.303 e. The Hall–Kier alpha value is -2.57. The second kappa shape index (κ2) is 7.62. The number of hydrogen-bond acceptors (Lipinski definition) is 4. The Labute approximate surface area is 134 Å². The first-order valence-corrected chi connectivity index (χ1v) is 7.45. The second-order valence-electron chi connectivity index (χ2n) is 5.53. The van der Waals surface area contributed by atoms with E-state index >= 15 is 0 Å². The summed E-state index contributed by atoms with van der Waals surface area (Å²) in [6, 6.07) is 6.85. The van der Waals surface area contributed by atoms with Crippen molar-refractivity contribution < 1.29 is 24.2 Å². The summed E-state index contributed by atoms with van der Waals surface area (Å²) in [4.78, 5) is 35.5. The number of ether oxygens (including phenoxy) is 1. The minimum atomic E-state index is -0.845. The lowest BCUT2D eigenvalue weighted by atomic mass is 10.1. The van der Waals surface area contributed by atoms with Crippen LogP contribution in [0.25, 0.3) is 0 Å². The molecule has 1 unspecified atom stereocenters. The van der Waals surface area contributed by atoms with E-state index < -0.39 is 5.97 Å². The van der Waals surface area contributed by atoms with Crippen LogP contribution in [0.3, 0.4) is 0 Å². The van der Waals surface area contributed by atoms with Gasteiger partial charge in [0.25, 0.3) is 0 Å². The van der Waals surface area contributed by atoms with Crippen LogP contribution in [0.1, 0.15) is 19.3 Å². The smallest absolute Gasteiger partial charge is 0.303 e. The Bertz CT molecular complexity index is 585. The number of carboxylic acids is 1. The fourth-order valence-electron chi connectivity index (χ4n) is 2.33. The summed E-state index contributed by atoms with van der Waals surface area (Å²) in [5.41, 5.74) is 0.634.